The number of carbonyl (C=O) groups excluding carboxylic acids is 1. The topological polar surface area (TPSA) is 29.1 Å². The van der Waals surface area contributed by atoms with Gasteiger partial charge in [0.25, 0.3) is 0 Å². The number of hydrogen-bond donors (Lipinski definition) is 1. The highest BCUT2D eigenvalue weighted by Gasteiger charge is 2.17. The van der Waals surface area contributed by atoms with Crippen molar-refractivity contribution in [3.05, 3.63) is 35.6 Å². The molecule has 0 aliphatic carbocycles. The molecule has 100 valence electrons. The minimum Gasteiger partial charge on any atom is -0.349 e. The van der Waals surface area contributed by atoms with Gasteiger partial charge in [0.15, 0.2) is 0 Å². The summed E-state index contributed by atoms with van der Waals surface area (Å²) in [4.78, 5) is 11.7. The van der Waals surface area contributed by atoms with Crippen LogP contribution in [0.4, 0.5) is 4.39 Å². The fourth-order valence-electron chi connectivity index (χ4n) is 1.78. The summed E-state index contributed by atoms with van der Waals surface area (Å²) in [5, 5.41) is 2.97. The van der Waals surface area contributed by atoms with E-state index in [-0.39, 0.29) is 23.7 Å². The summed E-state index contributed by atoms with van der Waals surface area (Å²) in [5.41, 5.74) is 0.922. The van der Waals surface area contributed by atoms with Gasteiger partial charge in [0.2, 0.25) is 5.91 Å². The van der Waals surface area contributed by atoms with Crippen molar-refractivity contribution < 1.29 is 9.18 Å². The van der Waals surface area contributed by atoms with Gasteiger partial charge < -0.3 is 5.32 Å². The summed E-state index contributed by atoms with van der Waals surface area (Å²) < 4.78 is 12.9. The monoisotopic (exact) mass is 271 g/mol. The van der Waals surface area contributed by atoms with E-state index >= 15 is 0 Å². The number of carbonyl (C=O) groups is 1. The number of nitrogens with one attached hydrogen (secondary N) is 1. The highest BCUT2D eigenvalue weighted by atomic mass is 35.5. The smallest absolute Gasteiger partial charge is 0.220 e. The molecule has 0 heterocycles. The molecule has 1 N–H and O–H groups in total. The Morgan fingerprint density at radius 1 is 1.33 bits per heavy atom. The van der Waals surface area contributed by atoms with Gasteiger partial charge in [-0.25, -0.2) is 4.39 Å². The van der Waals surface area contributed by atoms with E-state index in [2.05, 4.69) is 5.32 Å². The van der Waals surface area contributed by atoms with Crippen LogP contribution in [-0.2, 0) is 4.79 Å². The highest BCUT2D eigenvalue weighted by Crippen LogP contribution is 2.22. The van der Waals surface area contributed by atoms with Crippen molar-refractivity contribution in [3.8, 4) is 0 Å². The van der Waals surface area contributed by atoms with Gasteiger partial charge in [0.1, 0.15) is 5.82 Å². The summed E-state index contributed by atoms with van der Waals surface area (Å²) in [5.74, 6) is 0.444. The Labute approximate surface area is 113 Å². The fourth-order valence-corrected chi connectivity index (χ4v) is 1.91. The predicted molar refractivity (Wildman–Crippen MR) is 72.1 cm³/mol. The van der Waals surface area contributed by atoms with Crippen molar-refractivity contribution in [2.75, 3.05) is 5.88 Å². The Morgan fingerprint density at radius 2 is 1.94 bits per heavy atom. The van der Waals surface area contributed by atoms with Crippen LogP contribution in [0.1, 0.15) is 38.3 Å². The maximum atomic E-state index is 12.9. The van der Waals surface area contributed by atoms with Crippen molar-refractivity contribution in [2.24, 2.45) is 5.92 Å². The summed E-state index contributed by atoms with van der Waals surface area (Å²) in [6.45, 7) is 4.05. The second kappa shape index (κ2) is 7.37. The summed E-state index contributed by atoms with van der Waals surface area (Å²) >= 11 is 5.56. The molecule has 1 atom stereocenters. The second-order valence-electron chi connectivity index (χ2n) is 4.63. The molecular weight excluding hydrogens is 253 g/mol. The maximum absolute atomic E-state index is 12.9. The molecule has 1 aromatic carbocycles. The molecule has 1 amide bonds. The third-order valence-electron chi connectivity index (χ3n) is 2.75. The van der Waals surface area contributed by atoms with Crippen LogP contribution in [-0.4, -0.2) is 11.8 Å². The molecule has 1 rings (SSSR count). The largest absolute Gasteiger partial charge is 0.349 e. The Bertz CT molecular complexity index is 378. The van der Waals surface area contributed by atoms with Gasteiger partial charge in [-0.15, -0.1) is 11.6 Å². The first-order valence-corrected chi connectivity index (χ1v) is 6.69. The van der Waals surface area contributed by atoms with Crippen LogP contribution >= 0.6 is 11.6 Å². The van der Waals surface area contributed by atoms with E-state index in [4.69, 9.17) is 11.6 Å². The molecule has 0 aliphatic heterocycles. The lowest BCUT2D eigenvalue weighted by molar-refractivity contribution is -0.122. The van der Waals surface area contributed by atoms with Gasteiger partial charge in [0, 0.05) is 12.3 Å². The summed E-state index contributed by atoms with van der Waals surface area (Å²) in [6.07, 6.45) is 1.09. The van der Waals surface area contributed by atoms with Crippen LogP contribution in [0.2, 0.25) is 0 Å². The number of halogens is 2. The lowest BCUT2D eigenvalue weighted by Crippen LogP contribution is -2.31. The molecule has 0 bridgehead atoms. The lowest BCUT2D eigenvalue weighted by atomic mass is 9.96. The lowest BCUT2D eigenvalue weighted by Gasteiger charge is -2.23. The molecule has 0 radical (unpaired) electrons. The third kappa shape index (κ3) is 4.65. The molecule has 0 saturated heterocycles. The average Bonchev–Trinajstić information content (AvgIpc) is 2.34. The van der Waals surface area contributed by atoms with Crippen LogP contribution in [0.5, 0.6) is 0 Å². The molecule has 1 aromatic rings. The standard InChI is InChI=1S/C14H19ClFNO/c1-10(2)14(17-13(18)4-3-9-15)11-5-7-12(16)8-6-11/h5-8,10,14H,3-4,9H2,1-2H3,(H,17,18). The van der Waals surface area contributed by atoms with E-state index < -0.39 is 0 Å². The molecule has 0 aliphatic rings. The zero-order chi connectivity index (χ0) is 13.5. The van der Waals surface area contributed by atoms with E-state index in [9.17, 15) is 9.18 Å². The third-order valence-corrected chi connectivity index (χ3v) is 3.02. The van der Waals surface area contributed by atoms with Crippen LogP contribution < -0.4 is 5.32 Å². The average molecular weight is 272 g/mol. The normalized spacial score (nSPS) is 12.5. The van der Waals surface area contributed by atoms with Gasteiger partial charge in [-0.3, -0.25) is 4.79 Å². The van der Waals surface area contributed by atoms with E-state index in [1.165, 1.54) is 12.1 Å². The van der Waals surface area contributed by atoms with Crippen LogP contribution in [0.25, 0.3) is 0 Å². The number of rotatable bonds is 6. The molecule has 0 aromatic heterocycles. The number of alkyl halides is 1. The molecule has 18 heavy (non-hydrogen) atoms. The zero-order valence-electron chi connectivity index (χ0n) is 10.7. The minimum absolute atomic E-state index is 0.0151. The SMILES string of the molecule is CC(C)C(NC(=O)CCCCl)c1ccc(F)cc1. The summed E-state index contributed by atoms with van der Waals surface area (Å²) in [7, 11) is 0. The van der Waals surface area contributed by atoms with Gasteiger partial charge >= 0.3 is 0 Å². The molecule has 0 spiro atoms. The van der Waals surface area contributed by atoms with E-state index in [1.54, 1.807) is 12.1 Å². The van der Waals surface area contributed by atoms with Crippen molar-refractivity contribution in [1.29, 1.82) is 0 Å². The van der Waals surface area contributed by atoms with Crippen molar-refractivity contribution in [3.63, 3.8) is 0 Å². The number of hydrogen-bond acceptors (Lipinski definition) is 1. The van der Waals surface area contributed by atoms with Gasteiger partial charge in [-0.1, -0.05) is 26.0 Å². The highest BCUT2D eigenvalue weighted by molar-refractivity contribution is 6.17. The zero-order valence-corrected chi connectivity index (χ0v) is 11.5. The first-order valence-electron chi connectivity index (χ1n) is 6.15. The predicted octanol–water partition coefficient (Wildman–Crippen LogP) is 3.66. The first kappa shape index (κ1) is 15.0. The summed E-state index contributed by atoms with van der Waals surface area (Å²) in [6, 6.07) is 6.16. The van der Waals surface area contributed by atoms with Gasteiger partial charge in [0.05, 0.1) is 6.04 Å². The second-order valence-corrected chi connectivity index (χ2v) is 5.01. The van der Waals surface area contributed by atoms with Crippen LogP contribution in [0.15, 0.2) is 24.3 Å². The van der Waals surface area contributed by atoms with Crippen LogP contribution in [0, 0.1) is 11.7 Å². The van der Waals surface area contributed by atoms with E-state index in [0.29, 0.717) is 18.7 Å². The van der Waals surface area contributed by atoms with E-state index in [1.807, 2.05) is 13.8 Å². The van der Waals surface area contributed by atoms with Crippen LogP contribution in [0.3, 0.4) is 0 Å². The number of amides is 1. The van der Waals surface area contributed by atoms with Gasteiger partial charge in [-0.05, 0) is 30.0 Å². The van der Waals surface area contributed by atoms with E-state index in [0.717, 1.165) is 5.56 Å². The fraction of sp³-hybridized carbons (Fsp3) is 0.500. The Morgan fingerprint density at radius 3 is 2.44 bits per heavy atom. The maximum Gasteiger partial charge on any atom is 0.220 e. The molecule has 2 nitrogen and oxygen atoms in total. The van der Waals surface area contributed by atoms with Gasteiger partial charge in [-0.2, -0.15) is 0 Å². The number of benzene rings is 1. The van der Waals surface area contributed by atoms with Crippen molar-refractivity contribution in [1.82, 2.24) is 5.32 Å². The Balaban J connectivity index is 2.71. The Kier molecular flexibility index (Phi) is 6.13. The van der Waals surface area contributed by atoms with Crippen molar-refractivity contribution in [2.45, 2.75) is 32.7 Å². The first-order chi connectivity index (χ1) is 8.54. The molecular formula is C14H19ClFNO. The Hall–Kier alpha value is -1.09. The minimum atomic E-state index is -0.269. The quantitative estimate of drug-likeness (QED) is 0.786. The molecule has 4 heteroatoms. The molecule has 1 unspecified atom stereocenters. The molecule has 0 fully saturated rings. The van der Waals surface area contributed by atoms with Crippen molar-refractivity contribution >= 4 is 17.5 Å². The molecule has 0 saturated carbocycles.